The van der Waals surface area contributed by atoms with Gasteiger partial charge in [0.1, 0.15) is 0 Å². The maximum atomic E-state index is 5.70. The van der Waals surface area contributed by atoms with Crippen LogP contribution in [0.2, 0.25) is 0 Å². The molecule has 0 radical (unpaired) electrons. The lowest BCUT2D eigenvalue weighted by molar-refractivity contribution is 0.0390. The molecule has 1 aliphatic rings. The third-order valence-corrected chi connectivity index (χ3v) is 4.44. The predicted molar refractivity (Wildman–Crippen MR) is 89.6 cm³/mol. The maximum absolute atomic E-state index is 5.70. The van der Waals surface area contributed by atoms with Gasteiger partial charge in [0.15, 0.2) is 0 Å². The molecule has 2 unspecified atom stereocenters. The molecule has 118 valence electrons. The Balaban J connectivity index is 2.04. The van der Waals surface area contributed by atoms with Gasteiger partial charge in [-0.05, 0) is 49.8 Å². The molecule has 0 saturated carbocycles. The molecule has 2 rings (SSSR count). The van der Waals surface area contributed by atoms with E-state index in [4.69, 9.17) is 4.74 Å². The van der Waals surface area contributed by atoms with Gasteiger partial charge in [0.25, 0.3) is 0 Å². The SMILES string of the molecule is CCCCc1ccc(C(NCCC)C2CCCOC2)cc1. The Morgan fingerprint density at radius 1 is 1.19 bits per heavy atom. The molecule has 1 N–H and O–H groups in total. The van der Waals surface area contributed by atoms with E-state index in [-0.39, 0.29) is 0 Å². The van der Waals surface area contributed by atoms with Crippen molar-refractivity contribution in [2.24, 2.45) is 5.92 Å². The van der Waals surface area contributed by atoms with Crippen molar-refractivity contribution in [2.45, 2.75) is 58.4 Å². The molecule has 0 aromatic heterocycles. The molecule has 0 bridgehead atoms. The molecule has 1 aliphatic heterocycles. The molecule has 2 heteroatoms. The Morgan fingerprint density at radius 2 is 2.00 bits per heavy atom. The van der Waals surface area contributed by atoms with Gasteiger partial charge in [-0.3, -0.25) is 0 Å². The molecule has 21 heavy (non-hydrogen) atoms. The highest BCUT2D eigenvalue weighted by molar-refractivity contribution is 5.26. The summed E-state index contributed by atoms with van der Waals surface area (Å²) in [5.41, 5.74) is 2.90. The lowest BCUT2D eigenvalue weighted by atomic mass is 9.88. The maximum Gasteiger partial charge on any atom is 0.0512 e. The van der Waals surface area contributed by atoms with Gasteiger partial charge >= 0.3 is 0 Å². The molecular weight excluding hydrogens is 258 g/mol. The monoisotopic (exact) mass is 289 g/mol. The summed E-state index contributed by atoms with van der Waals surface area (Å²) in [7, 11) is 0. The molecule has 2 nitrogen and oxygen atoms in total. The minimum Gasteiger partial charge on any atom is -0.381 e. The summed E-state index contributed by atoms with van der Waals surface area (Å²) in [5.74, 6) is 0.617. The van der Waals surface area contributed by atoms with E-state index >= 15 is 0 Å². The first kappa shape index (κ1) is 16.5. The molecule has 1 heterocycles. The van der Waals surface area contributed by atoms with Crippen LogP contribution in [0.3, 0.4) is 0 Å². The highest BCUT2D eigenvalue weighted by atomic mass is 16.5. The third kappa shape index (κ3) is 5.12. The number of nitrogens with one attached hydrogen (secondary N) is 1. The van der Waals surface area contributed by atoms with Crippen LogP contribution in [0.1, 0.15) is 63.1 Å². The quantitative estimate of drug-likeness (QED) is 0.761. The largest absolute Gasteiger partial charge is 0.381 e. The zero-order valence-electron chi connectivity index (χ0n) is 13.7. The van der Waals surface area contributed by atoms with Gasteiger partial charge in [0.2, 0.25) is 0 Å². The minimum atomic E-state index is 0.450. The molecule has 0 amide bonds. The topological polar surface area (TPSA) is 21.3 Å². The van der Waals surface area contributed by atoms with Crippen LogP contribution in [0.5, 0.6) is 0 Å². The van der Waals surface area contributed by atoms with Gasteiger partial charge in [0, 0.05) is 18.6 Å². The van der Waals surface area contributed by atoms with E-state index in [0.29, 0.717) is 12.0 Å². The first-order chi connectivity index (χ1) is 10.3. The van der Waals surface area contributed by atoms with Gasteiger partial charge in [0.05, 0.1) is 6.61 Å². The van der Waals surface area contributed by atoms with Crippen LogP contribution >= 0.6 is 0 Å². The molecule has 0 aliphatic carbocycles. The summed E-state index contributed by atoms with van der Waals surface area (Å²) < 4.78 is 5.70. The fraction of sp³-hybridized carbons (Fsp3) is 0.684. The second-order valence-corrected chi connectivity index (χ2v) is 6.25. The lowest BCUT2D eigenvalue weighted by Gasteiger charge is -2.31. The van der Waals surface area contributed by atoms with Crippen molar-refractivity contribution in [1.82, 2.24) is 5.32 Å². The van der Waals surface area contributed by atoms with Crippen molar-refractivity contribution in [1.29, 1.82) is 0 Å². The van der Waals surface area contributed by atoms with Gasteiger partial charge in [-0.2, -0.15) is 0 Å². The van der Waals surface area contributed by atoms with Crippen molar-refractivity contribution in [3.63, 3.8) is 0 Å². The highest BCUT2D eigenvalue weighted by Crippen LogP contribution is 2.29. The van der Waals surface area contributed by atoms with E-state index < -0.39 is 0 Å². The summed E-state index contributed by atoms with van der Waals surface area (Å²) in [6.07, 6.45) is 7.41. The van der Waals surface area contributed by atoms with Crippen LogP contribution in [-0.2, 0) is 11.2 Å². The fourth-order valence-electron chi connectivity index (χ4n) is 3.16. The molecule has 1 aromatic rings. The Labute approximate surface area is 130 Å². The standard InChI is InChI=1S/C19H31NO/c1-3-5-7-16-9-11-17(12-10-16)19(20-13-4-2)18-8-6-14-21-15-18/h9-12,18-20H,3-8,13-15H2,1-2H3. The van der Waals surface area contributed by atoms with Crippen molar-refractivity contribution >= 4 is 0 Å². The minimum absolute atomic E-state index is 0.450. The molecular formula is C19H31NO. The van der Waals surface area contributed by atoms with Crippen molar-refractivity contribution < 1.29 is 4.74 Å². The van der Waals surface area contributed by atoms with E-state index in [1.165, 1.54) is 49.7 Å². The molecule has 0 spiro atoms. The number of benzene rings is 1. The van der Waals surface area contributed by atoms with Crippen molar-refractivity contribution in [3.8, 4) is 0 Å². The summed E-state index contributed by atoms with van der Waals surface area (Å²) >= 11 is 0. The van der Waals surface area contributed by atoms with Gasteiger partial charge < -0.3 is 10.1 Å². The van der Waals surface area contributed by atoms with E-state index in [0.717, 1.165) is 19.8 Å². The van der Waals surface area contributed by atoms with E-state index in [9.17, 15) is 0 Å². The Bertz CT molecular complexity index is 381. The highest BCUT2D eigenvalue weighted by Gasteiger charge is 2.24. The Hall–Kier alpha value is -0.860. The van der Waals surface area contributed by atoms with Crippen LogP contribution in [0.4, 0.5) is 0 Å². The molecule has 1 saturated heterocycles. The first-order valence-electron chi connectivity index (χ1n) is 8.75. The second kappa shape index (κ2) is 9.22. The fourth-order valence-corrected chi connectivity index (χ4v) is 3.16. The number of unbranched alkanes of at least 4 members (excludes halogenated alkanes) is 1. The number of hydrogen-bond acceptors (Lipinski definition) is 2. The van der Waals surface area contributed by atoms with Crippen LogP contribution in [0.25, 0.3) is 0 Å². The van der Waals surface area contributed by atoms with Crippen molar-refractivity contribution in [3.05, 3.63) is 35.4 Å². The van der Waals surface area contributed by atoms with Crippen LogP contribution < -0.4 is 5.32 Å². The van der Waals surface area contributed by atoms with Crippen LogP contribution in [0, 0.1) is 5.92 Å². The molecule has 1 aromatic carbocycles. The van der Waals surface area contributed by atoms with Crippen LogP contribution in [-0.4, -0.2) is 19.8 Å². The second-order valence-electron chi connectivity index (χ2n) is 6.25. The van der Waals surface area contributed by atoms with Crippen LogP contribution in [0.15, 0.2) is 24.3 Å². The summed E-state index contributed by atoms with van der Waals surface area (Å²) in [6.45, 7) is 7.40. The smallest absolute Gasteiger partial charge is 0.0512 e. The zero-order chi connectivity index (χ0) is 14.9. The first-order valence-corrected chi connectivity index (χ1v) is 8.75. The summed E-state index contributed by atoms with van der Waals surface area (Å²) in [5, 5.41) is 3.74. The normalized spacial score (nSPS) is 20.4. The van der Waals surface area contributed by atoms with Gasteiger partial charge in [-0.15, -0.1) is 0 Å². The van der Waals surface area contributed by atoms with E-state index in [1.54, 1.807) is 0 Å². The zero-order valence-corrected chi connectivity index (χ0v) is 13.7. The average Bonchev–Trinajstić information content (AvgIpc) is 2.55. The number of aryl methyl sites for hydroxylation is 1. The van der Waals surface area contributed by atoms with Gasteiger partial charge in [-0.1, -0.05) is 44.5 Å². The third-order valence-electron chi connectivity index (χ3n) is 4.44. The number of ether oxygens (including phenoxy) is 1. The summed E-state index contributed by atoms with van der Waals surface area (Å²) in [4.78, 5) is 0. The number of rotatable bonds is 8. The van der Waals surface area contributed by atoms with Gasteiger partial charge in [-0.25, -0.2) is 0 Å². The van der Waals surface area contributed by atoms with E-state index in [1.807, 2.05) is 0 Å². The predicted octanol–water partition coefficient (Wildman–Crippen LogP) is 4.50. The molecule has 2 atom stereocenters. The average molecular weight is 289 g/mol. The Kier molecular flexibility index (Phi) is 7.25. The van der Waals surface area contributed by atoms with E-state index in [2.05, 4.69) is 43.4 Å². The lowest BCUT2D eigenvalue weighted by Crippen LogP contribution is -2.33. The van der Waals surface area contributed by atoms with Crippen molar-refractivity contribution in [2.75, 3.05) is 19.8 Å². The Morgan fingerprint density at radius 3 is 2.62 bits per heavy atom. The number of hydrogen-bond donors (Lipinski definition) is 1. The molecule has 1 fully saturated rings. The summed E-state index contributed by atoms with van der Waals surface area (Å²) in [6, 6.07) is 9.73.